The molecule has 164 valence electrons. The van der Waals surface area contributed by atoms with Crippen LogP contribution in [0.4, 0.5) is 5.69 Å². The van der Waals surface area contributed by atoms with Crippen LogP contribution >= 0.6 is 11.6 Å². The van der Waals surface area contributed by atoms with Crippen LogP contribution in [0.5, 0.6) is 0 Å². The number of hydrogen-bond donors (Lipinski definition) is 1. The molecule has 0 unspecified atom stereocenters. The average molecular weight is 441 g/mol. The predicted octanol–water partition coefficient (Wildman–Crippen LogP) is 3.13. The van der Waals surface area contributed by atoms with Gasteiger partial charge in [0.1, 0.15) is 0 Å². The van der Waals surface area contributed by atoms with Crippen LogP contribution in [0.3, 0.4) is 0 Å². The lowest BCUT2D eigenvalue weighted by molar-refractivity contribution is 0.0664. The van der Waals surface area contributed by atoms with Crippen molar-refractivity contribution in [2.45, 2.75) is 18.9 Å². The number of anilines is 1. The van der Waals surface area contributed by atoms with Crippen LogP contribution in [-0.2, 0) is 0 Å². The molecule has 2 saturated heterocycles. The van der Waals surface area contributed by atoms with E-state index in [1.807, 2.05) is 41.3 Å². The number of halogens is 1. The van der Waals surface area contributed by atoms with Crippen LogP contribution in [0.1, 0.15) is 33.6 Å². The Morgan fingerprint density at radius 2 is 1.48 bits per heavy atom. The molecule has 2 aromatic carbocycles. The number of nitrogens with one attached hydrogen (secondary N) is 1. The molecule has 2 heterocycles. The van der Waals surface area contributed by atoms with Crippen LogP contribution in [-0.4, -0.2) is 74.0 Å². The number of para-hydroxylation sites is 1. The molecule has 0 atom stereocenters. The smallest absolute Gasteiger partial charge is 0.256 e. The molecule has 6 nitrogen and oxygen atoms in total. The van der Waals surface area contributed by atoms with Crippen LogP contribution < -0.4 is 10.2 Å². The third-order valence-electron chi connectivity index (χ3n) is 6.21. The summed E-state index contributed by atoms with van der Waals surface area (Å²) in [4.78, 5) is 32.2. The standard InChI is InChI=1S/C24H29ClN4O2/c1-27-14-16-29(17-15-27)24(31)20-7-3-5-9-22(20)28-12-10-18(11-13-28)26-23(30)19-6-2-4-8-21(19)25/h2-9,18H,10-17H2,1H3,(H,26,30). The van der Waals surface area contributed by atoms with Gasteiger partial charge in [0.25, 0.3) is 11.8 Å². The number of likely N-dealkylation sites (N-methyl/N-ethyl adjacent to an activating group) is 1. The molecule has 4 rings (SSSR count). The number of carbonyl (C=O) groups excluding carboxylic acids is 2. The van der Waals surface area contributed by atoms with Crippen molar-refractivity contribution >= 4 is 29.1 Å². The van der Waals surface area contributed by atoms with Gasteiger partial charge in [-0.3, -0.25) is 9.59 Å². The van der Waals surface area contributed by atoms with Crippen molar-refractivity contribution in [1.82, 2.24) is 15.1 Å². The Bertz CT molecular complexity index is 935. The quantitative estimate of drug-likeness (QED) is 0.793. The predicted molar refractivity (Wildman–Crippen MR) is 124 cm³/mol. The van der Waals surface area contributed by atoms with Gasteiger partial charge in [0.2, 0.25) is 0 Å². The van der Waals surface area contributed by atoms with Gasteiger partial charge in [0.15, 0.2) is 0 Å². The third-order valence-corrected chi connectivity index (χ3v) is 6.54. The van der Waals surface area contributed by atoms with Crippen molar-refractivity contribution in [3.05, 3.63) is 64.7 Å². The van der Waals surface area contributed by atoms with Crippen LogP contribution in [0.2, 0.25) is 5.02 Å². The second-order valence-corrected chi connectivity index (χ2v) is 8.73. The Kier molecular flexibility index (Phi) is 6.78. The summed E-state index contributed by atoms with van der Waals surface area (Å²) in [6.45, 7) is 4.93. The van der Waals surface area contributed by atoms with E-state index in [1.165, 1.54) is 0 Å². The van der Waals surface area contributed by atoms with Crippen molar-refractivity contribution in [2.24, 2.45) is 0 Å². The van der Waals surface area contributed by atoms with Crippen molar-refractivity contribution < 1.29 is 9.59 Å². The molecule has 2 fully saturated rings. The minimum absolute atomic E-state index is 0.0977. The van der Waals surface area contributed by atoms with Gasteiger partial charge in [-0.25, -0.2) is 0 Å². The molecule has 2 aromatic rings. The molecule has 2 aliphatic heterocycles. The summed E-state index contributed by atoms with van der Waals surface area (Å²) in [5.74, 6) is -0.0208. The highest BCUT2D eigenvalue weighted by Gasteiger charge is 2.27. The van der Waals surface area contributed by atoms with Gasteiger partial charge in [0.05, 0.1) is 16.1 Å². The number of benzene rings is 2. The molecule has 7 heteroatoms. The van der Waals surface area contributed by atoms with Gasteiger partial charge < -0.3 is 20.0 Å². The average Bonchev–Trinajstić information content (AvgIpc) is 2.80. The topological polar surface area (TPSA) is 55.9 Å². The molecule has 1 N–H and O–H groups in total. The highest BCUT2D eigenvalue weighted by Crippen LogP contribution is 2.26. The lowest BCUT2D eigenvalue weighted by Crippen LogP contribution is -2.48. The number of rotatable bonds is 4. The Labute approximate surface area is 188 Å². The van der Waals surface area contributed by atoms with Crippen molar-refractivity contribution in [2.75, 3.05) is 51.2 Å². The summed E-state index contributed by atoms with van der Waals surface area (Å²) in [5.41, 5.74) is 2.27. The summed E-state index contributed by atoms with van der Waals surface area (Å²) in [5, 5.41) is 3.58. The van der Waals surface area contributed by atoms with Gasteiger partial charge in [-0.1, -0.05) is 35.9 Å². The zero-order valence-electron chi connectivity index (χ0n) is 17.9. The SMILES string of the molecule is CN1CCN(C(=O)c2ccccc2N2CCC(NC(=O)c3ccccc3Cl)CC2)CC1. The molecule has 0 saturated carbocycles. The highest BCUT2D eigenvalue weighted by molar-refractivity contribution is 6.33. The molecule has 0 bridgehead atoms. The molecule has 0 aliphatic carbocycles. The zero-order valence-corrected chi connectivity index (χ0v) is 18.6. The van der Waals surface area contributed by atoms with Crippen LogP contribution in [0, 0.1) is 0 Å². The summed E-state index contributed by atoms with van der Waals surface area (Å²) in [6.07, 6.45) is 1.65. The summed E-state index contributed by atoms with van der Waals surface area (Å²) in [6, 6.07) is 15.1. The number of piperazine rings is 1. The first-order valence-corrected chi connectivity index (χ1v) is 11.3. The van der Waals surface area contributed by atoms with E-state index in [4.69, 9.17) is 11.6 Å². The van der Waals surface area contributed by atoms with Gasteiger partial charge in [-0.2, -0.15) is 0 Å². The van der Waals surface area contributed by atoms with Crippen molar-refractivity contribution in [3.8, 4) is 0 Å². The number of carbonyl (C=O) groups is 2. The summed E-state index contributed by atoms with van der Waals surface area (Å²) >= 11 is 6.15. The molecular weight excluding hydrogens is 412 g/mol. The Morgan fingerprint density at radius 1 is 0.871 bits per heavy atom. The number of amides is 2. The maximum Gasteiger partial charge on any atom is 0.256 e. The maximum absolute atomic E-state index is 13.2. The fraction of sp³-hybridized carbons (Fsp3) is 0.417. The van der Waals surface area contributed by atoms with E-state index in [0.29, 0.717) is 10.6 Å². The first kappa shape index (κ1) is 21.7. The Morgan fingerprint density at radius 3 is 2.16 bits per heavy atom. The van der Waals surface area contributed by atoms with Gasteiger partial charge >= 0.3 is 0 Å². The molecule has 2 aliphatic rings. The lowest BCUT2D eigenvalue weighted by atomic mass is 10.0. The Hall–Kier alpha value is -2.57. The number of hydrogen-bond acceptors (Lipinski definition) is 4. The monoisotopic (exact) mass is 440 g/mol. The van der Waals surface area contributed by atoms with Crippen molar-refractivity contribution in [1.29, 1.82) is 0 Å². The van der Waals surface area contributed by atoms with Crippen LogP contribution in [0.15, 0.2) is 48.5 Å². The first-order chi connectivity index (χ1) is 15.0. The van der Waals surface area contributed by atoms with E-state index in [1.54, 1.807) is 12.1 Å². The van der Waals surface area contributed by atoms with Crippen LogP contribution in [0.25, 0.3) is 0 Å². The fourth-order valence-electron chi connectivity index (χ4n) is 4.28. The molecule has 0 aromatic heterocycles. The fourth-order valence-corrected chi connectivity index (χ4v) is 4.50. The van der Waals surface area contributed by atoms with E-state index >= 15 is 0 Å². The molecule has 0 radical (unpaired) electrons. The zero-order chi connectivity index (χ0) is 21.8. The number of nitrogens with zero attached hydrogens (tertiary/aromatic N) is 3. The van der Waals surface area contributed by atoms with Gasteiger partial charge in [0, 0.05) is 51.0 Å². The van der Waals surface area contributed by atoms with E-state index in [2.05, 4.69) is 22.2 Å². The van der Waals surface area contributed by atoms with Crippen molar-refractivity contribution in [3.63, 3.8) is 0 Å². The second kappa shape index (κ2) is 9.71. The molecule has 31 heavy (non-hydrogen) atoms. The van der Waals surface area contributed by atoms with E-state index in [0.717, 1.165) is 63.4 Å². The van der Waals surface area contributed by atoms with Gasteiger partial charge in [-0.05, 0) is 44.2 Å². The van der Waals surface area contributed by atoms with E-state index in [9.17, 15) is 9.59 Å². The summed E-state index contributed by atoms with van der Waals surface area (Å²) < 4.78 is 0. The molecular formula is C24H29ClN4O2. The van der Waals surface area contributed by atoms with E-state index in [-0.39, 0.29) is 17.9 Å². The highest BCUT2D eigenvalue weighted by atomic mass is 35.5. The maximum atomic E-state index is 13.2. The van der Waals surface area contributed by atoms with Gasteiger partial charge in [-0.15, -0.1) is 0 Å². The first-order valence-electron chi connectivity index (χ1n) is 10.9. The minimum atomic E-state index is -0.130. The largest absolute Gasteiger partial charge is 0.371 e. The lowest BCUT2D eigenvalue weighted by Gasteiger charge is -2.36. The minimum Gasteiger partial charge on any atom is -0.371 e. The second-order valence-electron chi connectivity index (χ2n) is 8.33. The third kappa shape index (κ3) is 5.02. The molecule has 2 amide bonds. The molecule has 0 spiro atoms. The van der Waals surface area contributed by atoms with E-state index < -0.39 is 0 Å². The summed E-state index contributed by atoms with van der Waals surface area (Å²) in [7, 11) is 2.09. The Balaban J connectivity index is 1.38. The normalized spacial score (nSPS) is 18.1. The number of piperidine rings is 1.